The Balaban J connectivity index is 4.08. The first-order chi connectivity index (χ1) is 6.61. The van der Waals surface area contributed by atoms with Gasteiger partial charge >= 0.3 is 0 Å². The van der Waals surface area contributed by atoms with Crippen LogP contribution in [0.4, 0.5) is 0 Å². The van der Waals surface area contributed by atoms with Crippen molar-refractivity contribution in [1.82, 2.24) is 4.90 Å². The van der Waals surface area contributed by atoms with Gasteiger partial charge in [-0.05, 0) is 27.1 Å². The van der Waals surface area contributed by atoms with Gasteiger partial charge in [0.2, 0.25) is 0 Å². The van der Waals surface area contributed by atoms with Crippen LogP contribution in [0.3, 0.4) is 0 Å². The van der Waals surface area contributed by atoms with Crippen LogP contribution in [0.15, 0.2) is 23.6 Å². The molecule has 0 unspecified atom stereocenters. The Morgan fingerprint density at radius 2 is 2.07 bits per heavy atom. The molecular weight excluding hydrogens is 176 g/mol. The molecule has 0 aliphatic rings. The van der Waals surface area contributed by atoms with Crippen molar-refractivity contribution >= 4 is 0 Å². The van der Waals surface area contributed by atoms with Gasteiger partial charge in [0, 0.05) is 13.0 Å². The summed E-state index contributed by atoms with van der Waals surface area (Å²) >= 11 is 0. The second-order valence-corrected chi connectivity index (χ2v) is 3.38. The van der Waals surface area contributed by atoms with Gasteiger partial charge in [-0.3, -0.25) is 0 Å². The van der Waals surface area contributed by atoms with Gasteiger partial charge in [-0.1, -0.05) is 13.0 Å². The molecule has 0 rings (SSSR count). The number of hydrogen-bond donors (Lipinski definition) is 1. The number of rotatable bonds is 6. The van der Waals surface area contributed by atoms with Gasteiger partial charge in [0.05, 0.1) is 5.70 Å². The summed E-state index contributed by atoms with van der Waals surface area (Å²) in [5.74, 6) is 0.880. The van der Waals surface area contributed by atoms with Gasteiger partial charge in [-0.15, -0.1) is 0 Å². The van der Waals surface area contributed by atoms with Crippen LogP contribution in [-0.4, -0.2) is 32.1 Å². The first-order valence-corrected chi connectivity index (χ1v) is 5.00. The zero-order valence-corrected chi connectivity index (χ0v) is 9.71. The lowest BCUT2D eigenvalue weighted by atomic mass is 10.3. The summed E-state index contributed by atoms with van der Waals surface area (Å²) in [6.45, 7) is 5.59. The summed E-state index contributed by atoms with van der Waals surface area (Å²) < 4.78 is 5.58. The minimum atomic E-state index is 0.689. The molecule has 0 radical (unpaired) electrons. The van der Waals surface area contributed by atoms with Gasteiger partial charge < -0.3 is 15.4 Å². The third-order valence-electron chi connectivity index (χ3n) is 1.80. The van der Waals surface area contributed by atoms with E-state index in [2.05, 4.69) is 4.90 Å². The Morgan fingerprint density at radius 1 is 1.43 bits per heavy atom. The van der Waals surface area contributed by atoms with Crippen molar-refractivity contribution in [3.63, 3.8) is 0 Å². The lowest BCUT2D eigenvalue weighted by Crippen LogP contribution is -2.18. The molecule has 0 aromatic heterocycles. The van der Waals surface area contributed by atoms with E-state index in [0.717, 1.165) is 24.4 Å². The molecule has 2 N–H and O–H groups in total. The number of likely N-dealkylation sites (N-methyl/N-ethyl adjacent to an activating group) is 1. The normalized spacial score (nSPS) is 13.5. The van der Waals surface area contributed by atoms with Crippen LogP contribution < -0.4 is 5.73 Å². The van der Waals surface area contributed by atoms with E-state index in [0.29, 0.717) is 6.61 Å². The smallest absolute Gasteiger partial charge is 0.119 e. The van der Waals surface area contributed by atoms with E-state index in [1.165, 1.54) is 0 Å². The van der Waals surface area contributed by atoms with Crippen molar-refractivity contribution in [2.45, 2.75) is 20.3 Å². The van der Waals surface area contributed by atoms with Crippen LogP contribution >= 0.6 is 0 Å². The Kier molecular flexibility index (Phi) is 6.93. The fourth-order valence-electron chi connectivity index (χ4n) is 1.01. The maximum Gasteiger partial charge on any atom is 0.119 e. The highest BCUT2D eigenvalue weighted by Gasteiger charge is 2.00. The van der Waals surface area contributed by atoms with Crippen LogP contribution in [0, 0.1) is 0 Å². The molecule has 0 aromatic rings. The molecule has 0 aliphatic heterocycles. The van der Waals surface area contributed by atoms with Gasteiger partial charge in [-0.2, -0.15) is 0 Å². The Morgan fingerprint density at radius 3 is 2.50 bits per heavy atom. The summed E-state index contributed by atoms with van der Waals surface area (Å²) in [5.41, 5.74) is 6.54. The number of hydrogen-bond acceptors (Lipinski definition) is 3. The van der Waals surface area contributed by atoms with Crippen molar-refractivity contribution in [3.8, 4) is 0 Å². The highest BCUT2D eigenvalue weighted by Crippen LogP contribution is 2.07. The van der Waals surface area contributed by atoms with E-state index in [-0.39, 0.29) is 0 Å². The topological polar surface area (TPSA) is 38.5 Å². The fourth-order valence-corrected chi connectivity index (χ4v) is 1.01. The van der Waals surface area contributed by atoms with Crippen LogP contribution in [-0.2, 0) is 4.74 Å². The fraction of sp³-hybridized carbons (Fsp3) is 0.636. The molecule has 3 nitrogen and oxygen atoms in total. The van der Waals surface area contributed by atoms with Crippen molar-refractivity contribution in [1.29, 1.82) is 0 Å². The van der Waals surface area contributed by atoms with Crippen molar-refractivity contribution in [3.05, 3.63) is 23.6 Å². The van der Waals surface area contributed by atoms with Crippen molar-refractivity contribution in [2.75, 3.05) is 27.2 Å². The molecule has 0 aromatic carbocycles. The summed E-state index contributed by atoms with van der Waals surface area (Å²) in [6.07, 6.45) is 4.62. The maximum atomic E-state index is 5.81. The van der Waals surface area contributed by atoms with E-state index in [9.17, 15) is 0 Å². The molecule has 0 saturated heterocycles. The second kappa shape index (κ2) is 7.44. The maximum absolute atomic E-state index is 5.81. The lowest BCUT2D eigenvalue weighted by Gasteiger charge is -2.13. The average Bonchev–Trinajstić information content (AvgIpc) is 2.12. The van der Waals surface area contributed by atoms with Crippen molar-refractivity contribution < 1.29 is 4.74 Å². The number of nitrogens with two attached hydrogens (primary N) is 1. The number of nitrogens with zero attached hydrogens (tertiary/aromatic N) is 1. The summed E-state index contributed by atoms with van der Waals surface area (Å²) in [7, 11) is 4.04. The SMILES string of the molecule is C/C=C\C(N)=C(/CC)OCCN(C)C. The van der Waals surface area contributed by atoms with Gasteiger partial charge in [0.15, 0.2) is 0 Å². The third-order valence-corrected chi connectivity index (χ3v) is 1.80. The summed E-state index contributed by atoms with van der Waals surface area (Å²) in [6, 6.07) is 0. The minimum Gasteiger partial charge on any atom is -0.494 e. The Bertz CT molecular complexity index is 207. The summed E-state index contributed by atoms with van der Waals surface area (Å²) in [5, 5.41) is 0. The van der Waals surface area contributed by atoms with Crippen LogP contribution in [0.25, 0.3) is 0 Å². The molecule has 0 amide bonds. The standard InChI is InChI=1S/C11H22N2O/c1-5-7-10(12)11(6-2)14-9-8-13(3)4/h5,7H,6,8-9,12H2,1-4H3/b7-5-,11-10-. The molecule has 82 valence electrons. The molecule has 0 aliphatic carbocycles. The molecule has 0 saturated carbocycles. The van der Waals surface area contributed by atoms with Gasteiger partial charge in [0.25, 0.3) is 0 Å². The number of ether oxygens (including phenoxy) is 1. The van der Waals surface area contributed by atoms with E-state index < -0.39 is 0 Å². The highest BCUT2D eigenvalue weighted by molar-refractivity contribution is 5.18. The predicted molar refractivity (Wildman–Crippen MR) is 60.8 cm³/mol. The first kappa shape index (κ1) is 13.0. The minimum absolute atomic E-state index is 0.689. The molecule has 0 atom stereocenters. The van der Waals surface area contributed by atoms with Crippen LogP contribution in [0.1, 0.15) is 20.3 Å². The molecule has 0 bridgehead atoms. The highest BCUT2D eigenvalue weighted by atomic mass is 16.5. The quantitative estimate of drug-likeness (QED) is 0.521. The predicted octanol–water partition coefficient (Wildman–Crippen LogP) is 1.72. The monoisotopic (exact) mass is 198 g/mol. The van der Waals surface area contributed by atoms with E-state index in [1.54, 1.807) is 0 Å². The lowest BCUT2D eigenvalue weighted by molar-refractivity contribution is 0.175. The van der Waals surface area contributed by atoms with Gasteiger partial charge in [-0.25, -0.2) is 0 Å². The molecular formula is C11H22N2O. The largest absolute Gasteiger partial charge is 0.494 e. The molecule has 0 spiro atoms. The molecule has 3 heteroatoms. The van der Waals surface area contributed by atoms with Crippen LogP contribution in [0.2, 0.25) is 0 Å². The van der Waals surface area contributed by atoms with E-state index >= 15 is 0 Å². The third kappa shape index (κ3) is 5.65. The average molecular weight is 198 g/mol. The summed E-state index contributed by atoms with van der Waals surface area (Å²) in [4.78, 5) is 2.08. The first-order valence-electron chi connectivity index (χ1n) is 5.00. The molecule has 0 fully saturated rings. The Labute approximate surface area is 87.2 Å². The molecule has 14 heavy (non-hydrogen) atoms. The Hall–Kier alpha value is -0.960. The zero-order valence-electron chi connectivity index (χ0n) is 9.71. The van der Waals surface area contributed by atoms with Gasteiger partial charge in [0.1, 0.15) is 12.4 Å². The second-order valence-electron chi connectivity index (χ2n) is 3.38. The zero-order chi connectivity index (χ0) is 11.0. The van der Waals surface area contributed by atoms with E-state index in [4.69, 9.17) is 10.5 Å². The van der Waals surface area contributed by atoms with Crippen molar-refractivity contribution in [2.24, 2.45) is 5.73 Å². The van der Waals surface area contributed by atoms with E-state index in [1.807, 2.05) is 40.1 Å². The molecule has 0 heterocycles. The van der Waals surface area contributed by atoms with Crippen LogP contribution in [0.5, 0.6) is 0 Å². The number of allylic oxidation sites excluding steroid dienone is 3.